The van der Waals surface area contributed by atoms with Crippen LogP contribution in [0.5, 0.6) is 0 Å². The summed E-state index contributed by atoms with van der Waals surface area (Å²) in [6.07, 6.45) is -4.11. The van der Waals surface area contributed by atoms with Crippen LogP contribution < -0.4 is 10.6 Å². The Morgan fingerprint density at radius 1 is 0.878 bits per heavy atom. The number of halogens is 3. The Kier molecular flexibility index (Phi) is 8.78. The van der Waals surface area contributed by atoms with E-state index in [4.69, 9.17) is 4.74 Å². The molecule has 1 aliphatic rings. The Bertz CT molecular complexity index is 1570. The summed E-state index contributed by atoms with van der Waals surface area (Å²) in [5, 5.41) is 5.14. The highest BCUT2D eigenvalue weighted by Gasteiger charge is 2.34. The van der Waals surface area contributed by atoms with Crippen molar-refractivity contribution in [2.45, 2.75) is 23.9 Å². The second-order valence-electron chi connectivity index (χ2n) is 9.27. The van der Waals surface area contributed by atoms with Crippen LogP contribution in [0.1, 0.15) is 39.1 Å². The first kappa shape index (κ1) is 29.7. The first-order valence-corrected chi connectivity index (χ1v) is 13.9. The summed E-state index contributed by atoms with van der Waals surface area (Å²) >= 11 is 0. The van der Waals surface area contributed by atoms with Gasteiger partial charge in [0.1, 0.15) is 0 Å². The molecular formula is C28H26F3N3O6S. The lowest BCUT2D eigenvalue weighted by Crippen LogP contribution is -2.41. The molecule has 216 valence electrons. The number of carbonyl (C=O) groups is 3. The molecule has 2 amide bonds. The number of methoxy groups -OCH3 is 1. The molecule has 0 aliphatic carbocycles. The van der Waals surface area contributed by atoms with E-state index in [0.717, 1.165) is 19.2 Å². The number of benzene rings is 3. The molecule has 1 fully saturated rings. The summed E-state index contributed by atoms with van der Waals surface area (Å²) in [5.74, 6) is -2.32. The van der Waals surface area contributed by atoms with Crippen LogP contribution in [-0.4, -0.2) is 50.7 Å². The highest BCUT2D eigenvalue weighted by molar-refractivity contribution is 7.89. The van der Waals surface area contributed by atoms with Gasteiger partial charge in [0.05, 0.1) is 23.1 Å². The van der Waals surface area contributed by atoms with Gasteiger partial charge < -0.3 is 15.4 Å². The molecule has 13 heteroatoms. The molecule has 0 atom stereocenters. The summed E-state index contributed by atoms with van der Waals surface area (Å²) in [6.45, 7) is 0.102. The number of ether oxygens (including phenoxy) is 1. The van der Waals surface area contributed by atoms with E-state index in [1.165, 1.54) is 58.9 Å². The molecule has 0 spiro atoms. The predicted molar refractivity (Wildman–Crippen MR) is 144 cm³/mol. The van der Waals surface area contributed by atoms with Crippen molar-refractivity contribution in [3.8, 4) is 0 Å². The standard InChI is InChI=1S/C28H26F3N3O6S/c1-40-27(37)23-10-2-3-11-24(23)41(38,39)34-14-12-18(13-15-34)25(35)32-21-8-4-6-19(16-21)26(36)33-22-9-5-7-20(17-22)28(29,30)31/h2-11,16-18H,12-15H2,1H3,(H,32,35)(H,33,36). The van der Waals surface area contributed by atoms with Crippen molar-refractivity contribution in [3.05, 3.63) is 89.5 Å². The number of rotatable bonds is 7. The van der Waals surface area contributed by atoms with Crippen molar-refractivity contribution >= 4 is 39.2 Å². The van der Waals surface area contributed by atoms with E-state index in [0.29, 0.717) is 5.69 Å². The van der Waals surface area contributed by atoms with Crippen molar-refractivity contribution in [1.29, 1.82) is 0 Å². The minimum Gasteiger partial charge on any atom is -0.465 e. The predicted octanol–water partition coefficient (Wildman–Crippen LogP) is 4.78. The summed E-state index contributed by atoms with van der Waals surface area (Å²) in [4.78, 5) is 37.5. The van der Waals surface area contributed by atoms with Crippen LogP contribution in [-0.2, 0) is 25.7 Å². The Hall–Kier alpha value is -4.23. The summed E-state index contributed by atoms with van der Waals surface area (Å²) < 4.78 is 71.3. The van der Waals surface area contributed by atoms with E-state index in [9.17, 15) is 36.0 Å². The van der Waals surface area contributed by atoms with Crippen LogP contribution in [0.25, 0.3) is 0 Å². The second kappa shape index (κ2) is 12.1. The number of hydrogen-bond acceptors (Lipinski definition) is 6. The molecule has 3 aromatic carbocycles. The van der Waals surface area contributed by atoms with Crippen molar-refractivity contribution < 1.29 is 40.7 Å². The molecule has 4 rings (SSSR count). The molecule has 1 heterocycles. The van der Waals surface area contributed by atoms with Gasteiger partial charge in [0.25, 0.3) is 5.91 Å². The van der Waals surface area contributed by atoms with Crippen LogP contribution in [0.4, 0.5) is 24.5 Å². The maximum atomic E-state index is 13.2. The molecule has 1 aliphatic heterocycles. The summed E-state index contributed by atoms with van der Waals surface area (Å²) in [6, 6.07) is 15.9. The number of nitrogens with zero attached hydrogens (tertiary/aromatic N) is 1. The van der Waals surface area contributed by atoms with Crippen molar-refractivity contribution in [3.63, 3.8) is 0 Å². The number of nitrogens with one attached hydrogen (secondary N) is 2. The van der Waals surface area contributed by atoms with Crippen molar-refractivity contribution in [1.82, 2.24) is 4.31 Å². The third-order valence-corrected chi connectivity index (χ3v) is 8.53. The molecule has 3 aromatic rings. The van der Waals surface area contributed by atoms with Crippen LogP contribution in [0.2, 0.25) is 0 Å². The lowest BCUT2D eigenvalue weighted by molar-refractivity contribution is -0.137. The van der Waals surface area contributed by atoms with E-state index in [2.05, 4.69) is 10.6 Å². The zero-order valence-corrected chi connectivity index (χ0v) is 22.6. The van der Waals surface area contributed by atoms with E-state index in [1.54, 1.807) is 6.07 Å². The van der Waals surface area contributed by atoms with Crippen molar-refractivity contribution in [2.24, 2.45) is 5.92 Å². The molecule has 0 saturated carbocycles. The largest absolute Gasteiger partial charge is 0.465 e. The zero-order valence-electron chi connectivity index (χ0n) is 21.8. The molecule has 0 unspecified atom stereocenters. The maximum Gasteiger partial charge on any atom is 0.416 e. The average molecular weight is 590 g/mol. The van der Waals surface area contributed by atoms with Crippen LogP contribution in [0.3, 0.4) is 0 Å². The number of alkyl halides is 3. The Morgan fingerprint density at radius 2 is 1.51 bits per heavy atom. The van der Waals surface area contributed by atoms with Gasteiger partial charge in [0.2, 0.25) is 15.9 Å². The first-order chi connectivity index (χ1) is 19.4. The van der Waals surface area contributed by atoms with E-state index < -0.39 is 39.6 Å². The molecular weight excluding hydrogens is 563 g/mol. The average Bonchev–Trinajstić information content (AvgIpc) is 2.96. The second-order valence-corrected chi connectivity index (χ2v) is 11.2. The first-order valence-electron chi connectivity index (χ1n) is 12.5. The Balaban J connectivity index is 1.38. The fraction of sp³-hybridized carbons (Fsp3) is 0.250. The quantitative estimate of drug-likeness (QED) is 0.383. The Labute approximate surface area is 234 Å². The minimum atomic E-state index is -4.56. The number of hydrogen-bond donors (Lipinski definition) is 2. The van der Waals surface area contributed by atoms with Gasteiger partial charge in [0.15, 0.2) is 0 Å². The normalized spacial score (nSPS) is 14.7. The van der Waals surface area contributed by atoms with Crippen molar-refractivity contribution in [2.75, 3.05) is 30.8 Å². The lowest BCUT2D eigenvalue weighted by atomic mass is 9.97. The smallest absolute Gasteiger partial charge is 0.416 e. The fourth-order valence-electron chi connectivity index (χ4n) is 4.43. The van der Waals surface area contributed by atoms with E-state index in [1.807, 2.05) is 0 Å². The monoisotopic (exact) mass is 589 g/mol. The Morgan fingerprint density at radius 3 is 2.17 bits per heavy atom. The summed E-state index contributed by atoms with van der Waals surface area (Å²) in [5.41, 5.74) is -0.594. The van der Waals surface area contributed by atoms with Gasteiger partial charge in [-0.15, -0.1) is 0 Å². The highest BCUT2D eigenvalue weighted by atomic mass is 32.2. The summed E-state index contributed by atoms with van der Waals surface area (Å²) in [7, 11) is -2.85. The van der Waals surface area contributed by atoms with Crippen LogP contribution >= 0.6 is 0 Å². The lowest BCUT2D eigenvalue weighted by Gasteiger charge is -2.31. The van der Waals surface area contributed by atoms with Gasteiger partial charge >= 0.3 is 12.1 Å². The van der Waals surface area contributed by atoms with Gasteiger partial charge in [-0.05, 0) is 61.4 Å². The molecule has 9 nitrogen and oxygen atoms in total. The molecule has 2 N–H and O–H groups in total. The third kappa shape index (κ3) is 6.92. The number of esters is 1. The molecule has 1 saturated heterocycles. The van der Waals surface area contributed by atoms with Gasteiger partial charge in [-0.3, -0.25) is 9.59 Å². The minimum absolute atomic E-state index is 0.0322. The number of sulfonamides is 1. The fourth-order valence-corrected chi connectivity index (χ4v) is 6.08. The van der Waals surface area contributed by atoms with Gasteiger partial charge in [0, 0.05) is 35.9 Å². The van der Waals surface area contributed by atoms with Crippen LogP contribution in [0.15, 0.2) is 77.7 Å². The number of anilines is 2. The maximum absolute atomic E-state index is 13.2. The number of piperidine rings is 1. The topological polar surface area (TPSA) is 122 Å². The molecule has 0 bridgehead atoms. The number of amides is 2. The van der Waals surface area contributed by atoms with E-state index in [-0.39, 0.29) is 53.5 Å². The van der Waals surface area contributed by atoms with Gasteiger partial charge in [-0.25, -0.2) is 13.2 Å². The molecule has 0 aromatic heterocycles. The van der Waals surface area contributed by atoms with Gasteiger partial charge in [-0.1, -0.05) is 24.3 Å². The SMILES string of the molecule is COC(=O)c1ccccc1S(=O)(=O)N1CCC(C(=O)Nc2cccc(C(=O)Nc3cccc(C(F)(F)F)c3)c2)CC1. The zero-order chi connectivity index (χ0) is 29.8. The third-order valence-electron chi connectivity index (χ3n) is 6.57. The van der Waals surface area contributed by atoms with Gasteiger partial charge in [-0.2, -0.15) is 17.5 Å². The van der Waals surface area contributed by atoms with Crippen LogP contribution in [0, 0.1) is 5.92 Å². The highest BCUT2D eigenvalue weighted by Crippen LogP contribution is 2.31. The molecule has 41 heavy (non-hydrogen) atoms. The molecule has 0 radical (unpaired) electrons. The van der Waals surface area contributed by atoms with E-state index >= 15 is 0 Å². The number of carbonyl (C=O) groups excluding carboxylic acids is 3.